The standard InChI is InChI=1S/C19H27N3O4/c1-26-16-5-2-4-15(12-16)13-22-9-3-7-19(25,18(22)24)14-21-10-6-17(23)20-8-11-21/h2,4-5,12,25H,3,6-11,13-14H2,1H3,(H,20,23). The summed E-state index contributed by atoms with van der Waals surface area (Å²) >= 11 is 0. The van der Waals surface area contributed by atoms with Gasteiger partial charge in [0.05, 0.1) is 7.11 Å². The maximum atomic E-state index is 13.0. The van der Waals surface area contributed by atoms with Gasteiger partial charge in [0.15, 0.2) is 5.60 Å². The third kappa shape index (κ3) is 4.34. The number of hydrogen-bond donors (Lipinski definition) is 2. The van der Waals surface area contributed by atoms with Crippen LogP contribution in [0.25, 0.3) is 0 Å². The molecule has 2 amide bonds. The van der Waals surface area contributed by atoms with Crippen molar-refractivity contribution in [1.82, 2.24) is 15.1 Å². The highest BCUT2D eigenvalue weighted by atomic mass is 16.5. The van der Waals surface area contributed by atoms with Crippen LogP contribution in [0.15, 0.2) is 24.3 Å². The molecule has 2 aliphatic heterocycles. The normalized spacial score (nSPS) is 24.9. The predicted molar refractivity (Wildman–Crippen MR) is 96.7 cm³/mol. The summed E-state index contributed by atoms with van der Waals surface area (Å²) in [6.07, 6.45) is 1.62. The van der Waals surface area contributed by atoms with Crippen LogP contribution in [-0.4, -0.2) is 72.2 Å². The van der Waals surface area contributed by atoms with E-state index in [4.69, 9.17) is 4.74 Å². The van der Waals surface area contributed by atoms with Gasteiger partial charge < -0.3 is 20.1 Å². The molecule has 1 atom stereocenters. The Balaban J connectivity index is 1.66. The quantitative estimate of drug-likeness (QED) is 0.792. The van der Waals surface area contributed by atoms with Crippen LogP contribution in [0.5, 0.6) is 5.75 Å². The van der Waals surface area contributed by atoms with Gasteiger partial charge in [-0.2, -0.15) is 0 Å². The molecule has 2 heterocycles. The molecule has 7 nitrogen and oxygen atoms in total. The number of ether oxygens (including phenoxy) is 1. The smallest absolute Gasteiger partial charge is 0.256 e. The molecule has 1 aromatic carbocycles. The minimum atomic E-state index is -1.38. The summed E-state index contributed by atoms with van der Waals surface area (Å²) < 4.78 is 5.24. The van der Waals surface area contributed by atoms with Gasteiger partial charge in [-0.05, 0) is 30.5 Å². The van der Waals surface area contributed by atoms with Crippen LogP contribution in [0, 0.1) is 0 Å². The monoisotopic (exact) mass is 361 g/mol. The number of likely N-dealkylation sites (tertiary alicyclic amines) is 1. The molecule has 0 saturated carbocycles. The number of carbonyl (C=O) groups excluding carboxylic acids is 2. The first kappa shape index (κ1) is 18.7. The second-order valence-corrected chi connectivity index (χ2v) is 7.09. The Hall–Kier alpha value is -2.12. The molecule has 3 rings (SSSR count). The van der Waals surface area contributed by atoms with Crippen molar-refractivity contribution in [1.29, 1.82) is 0 Å². The summed E-state index contributed by atoms with van der Waals surface area (Å²) in [6.45, 7) is 3.14. The summed E-state index contributed by atoms with van der Waals surface area (Å²) in [5.41, 5.74) is -0.406. The van der Waals surface area contributed by atoms with E-state index in [9.17, 15) is 14.7 Å². The van der Waals surface area contributed by atoms with Gasteiger partial charge in [-0.1, -0.05) is 12.1 Å². The Morgan fingerprint density at radius 1 is 1.27 bits per heavy atom. The maximum absolute atomic E-state index is 13.0. The van der Waals surface area contributed by atoms with E-state index in [1.807, 2.05) is 29.2 Å². The van der Waals surface area contributed by atoms with E-state index in [-0.39, 0.29) is 18.4 Å². The fraction of sp³-hybridized carbons (Fsp3) is 0.579. The van der Waals surface area contributed by atoms with Gasteiger partial charge in [0, 0.05) is 45.7 Å². The first-order valence-corrected chi connectivity index (χ1v) is 9.14. The molecule has 142 valence electrons. The number of hydrogen-bond acceptors (Lipinski definition) is 5. The topological polar surface area (TPSA) is 82.1 Å². The van der Waals surface area contributed by atoms with E-state index >= 15 is 0 Å². The van der Waals surface area contributed by atoms with Crippen molar-refractivity contribution in [2.75, 3.05) is 39.8 Å². The number of piperidine rings is 1. The Labute approximate surface area is 153 Å². The van der Waals surface area contributed by atoms with Crippen molar-refractivity contribution in [3.05, 3.63) is 29.8 Å². The lowest BCUT2D eigenvalue weighted by Gasteiger charge is -2.40. The molecular formula is C19H27N3O4. The summed E-state index contributed by atoms with van der Waals surface area (Å²) in [4.78, 5) is 28.2. The number of nitrogens with zero attached hydrogens (tertiary/aromatic N) is 2. The third-order valence-corrected chi connectivity index (χ3v) is 5.10. The van der Waals surface area contributed by atoms with Crippen LogP contribution in [-0.2, 0) is 16.1 Å². The van der Waals surface area contributed by atoms with E-state index in [2.05, 4.69) is 5.32 Å². The molecule has 0 radical (unpaired) electrons. The number of rotatable bonds is 5. The largest absolute Gasteiger partial charge is 0.497 e. The van der Waals surface area contributed by atoms with Gasteiger partial charge >= 0.3 is 0 Å². The second-order valence-electron chi connectivity index (χ2n) is 7.09. The molecule has 2 N–H and O–H groups in total. The van der Waals surface area contributed by atoms with E-state index in [0.717, 1.165) is 17.7 Å². The fourth-order valence-corrected chi connectivity index (χ4v) is 3.70. The number of nitrogens with one attached hydrogen (secondary N) is 1. The molecule has 26 heavy (non-hydrogen) atoms. The molecule has 0 spiro atoms. The van der Waals surface area contributed by atoms with Gasteiger partial charge in [-0.25, -0.2) is 0 Å². The number of carbonyl (C=O) groups is 2. The van der Waals surface area contributed by atoms with Crippen molar-refractivity contribution >= 4 is 11.8 Å². The van der Waals surface area contributed by atoms with E-state index in [0.29, 0.717) is 45.6 Å². The number of benzene rings is 1. The van der Waals surface area contributed by atoms with Crippen molar-refractivity contribution in [2.45, 2.75) is 31.4 Å². The molecule has 1 unspecified atom stereocenters. The van der Waals surface area contributed by atoms with E-state index in [1.54, 1.807) is 12.0 Å². The number of amides is 2. The van der Waals surface area contributed by atoms with Gasteiger partial charge in [0.1, 0.15) is 5.75 Å². The van der Waals surface area contributed by atoms with Crippen molar-refractivity contribution in [3.8, 4) is 5.75 Å². The molecule has 7 heteroatoms. The molecule has 0 aliphatic carbocycles. The minimum Gasteiger partial charge on any atom is -0.497 e. The van der Waals surface area contributed by atoms with Crippen LogP contribution < -0.4 is 10.1 Å². The third-order valence-electron chi connectivity index (χ3n) is 5.10. The molecule has 2 aliphatic rings. The first-order valence-electron chi connectivity index (χ1n) is 9.14. The summed E-state index contributed by atoms with van der Waals surface area (Å²) in [7, 11) is 1.62. The molecule has 2 saturated heterocycles. The average molecular weight is 361 g/mol. The SMILES string of the molecule is COc1cccc(CN2CCCC(O)(CN3CCNC(=O)CC3)C2=O)c1. The van der Waals surface area contributed by atoms with E-state index in [1.165, 1.54) is 0 Å². The Kier molecular flexibility index (Phi) is 5.78. The van der Waals surface area contributed by atoms with Crippen molar-refractivity contribution < 1.29 is 19.4 Å². The summed E-state index contributed by atoms with van der Waals surface area (Å²) in [5.74, 6) is 0.549. The average Bonchev–Trinajstić information content (AvgIpc) is 2.83. The highest BCUT2D eigenvalue weighted by Crippen LogP contribution is 2.26. The molecule has 2 fully saturated rings. The van der Waals surface area contributed by atoms with Gasteiger partial charge in [0.25, 0.3) is 5.91 Å². The molecule has 0 aromatic heterocycles. The van der Waals surface area contributed by atoms with Crippen LogP contribution in [0.4, 0.5) is 0 Å². The van der Waals surface area contributed by atoms with Crippen LogP contribution in [0.3, 0.4) is 0 Å². The zero-order valence-corrected chi connectivity index (χ0v) is 15.2. The molecule has 1 aromatic rings. The first-order chi connectivity index (χ1) is 12.5. The minimum absolute atomic E-state index is 0.0223. The van der Waals surface area contributed by atoms with Crippen molar-refractivity contribution in [3.63, 3.8) is 0 Å². The number of aliphatic hydroxyl groups is 1. The number of methoxy groups -OCH3 is 1. The zero-order chi connectivity index (χ0) is 18.6. The lowest BCUT2D eigenvalue weighted by Crippen LogP contribution is -2.58. The van der Waals surface area contributed by atoms with Gasteiger partial charge in [-0.15, -0.1) is 0 Å². The van der Waals surface area contributed by atoms with Crippen LogP contribution >= 0.6 is 0 Å². The zero-order valence-electron chi connectivity index (χ0n) is 15.2. The van der Waals surface area contributed by atoms with Crippen molar-refractivity contribution in [2.24, 2.45) is 0 Å². The Morgan fingerprint density at radius 2 is 2.12 bits per heavy atom. The summed E-state index contributed by atoms with van der Waals surface area (Å²) in [5, 5.41) is 13.9. The fourth-order valence-electron chi connectivity index (χ4n) is 3.70. The molecular weight excluding hydrogens is 334 g/mol. The maximum Gasteiger partial charge on any atom is 0.256 e. The summed E-state index contributed by atoms with van der Waals surface area (Å²) in [6, 6.07) is 7.63. The predicted octanol–water partition coefficient (Wildman–Crippen LogP) is 0.371. The van der Waals surface area contributed by atoms with Gasteiger partial charge in [-0.3, -0.25) is 14.5 Å². The van der Waals surface area contributed by atoms with Crippen LogP contribution in [0.1, 0.15) is 24.8 Å². The number of β-amino-alcohol motifs (C(OH)–C–C–N with tert-alkyl or cyclic N) is 1. The second kappa shape index (κ2) is 8.05. The van der Waals surface area contributed by atoms with Crippen LogP contribution in [0.2, 0.25) is 0 Å². The van der Waals surface area contributed by atoms with E-state index < -0.39 is 5.60 Å². The van der Waals surface area contributed by atoms with Gasteiger partial charge in [0.2, 0.25) is 5.91 Å². The molecule has 0 bridgehead atoms. The lowest BCUT2D eigenvalue weighted by atomic mass is 9.90. The highest BCUT2D eigenvalue weighted by Gasteiger charge is 2.43. The lowest BCUT2D eigenvalue weighted by molar-refractivity contribution is -0.160. The Morgan fingerprint density at radius 3 is 2.92 bits per heavy atom. The highest BCUT2D eigenvalue weighted by molar-refractivity contribution is 5.86. The Bertz CT molecular complexity index is 666.